The van der Waals surface area contributed by atoms with E-state index in [1.54, 1.807) is 36.7 Å². The monoisotopic (exact) mass is 562 g/mol. The molecule has 0 unspecified atom stereocenters. The van der Waals surface area contributed by atoms with E-state index in [4.69, 9.17) is 0 Å². The van der Waals surface area contributed by atoms with Crippen LogP contribution in [0.5, 0.6) is 0 Å². The van der Waals surface area contributed by atoms with Crippen molar-refractivity contribution < 1.29 is 31.1 Å². The van der Waals surface area contributed by atoms with E-state index in [-0.39, 0.29) is 30.6 Å². The number of benzene rings is 2. The summed E-state index contributed by atoms with van der Waals surface area (Å²) in [6, 6.07) is 6.53. The Labute approximate surface area is 220 Å². The zero-order valence-electron chi connectivity index (χ0n) is 19.6. The van der Waals surface area contributed by atoms with Crippen molar-refractivity contribution in [1.29, 1.82) is 0 Å². The molecule has 1 aliphatic rings. The van der Waals surface area contributed by atoms with Gasteiger partial charge in [-0.2, -0.15) is 31.4 Å². The van der Waals surface area contributed by atoms with Crippen molar-refractivity contribution in [3.63, 3.8) is 0 Å². The van der Waals surface area contributed by atoms with Crippen molar-refractivity contribution in [1.82, 2.24) is 25.1 Å². The maximum Gasteiger partial charge on any atom is 0.416 e. The van der Waals surface area contributed by atoms with Crippen LogP contribution in [0.1, 0.15) is 27.8 Å². The van der Waals surface area contributed by atoms with E-state index < -0.39 is 23.5 Å². The summed E-state index contributed by atoms with van der Waals surface area (Å²) in [4.78, 5) is 24.9. The number of alkyl halides is 6. The summed E-state index contributed by atoms with van der Waals surface area (Å²) in [6.07, 6.45) is -2.17. The average Bonchev–Trinajstić information content (AvgIpc) is 3.44. The molecule has 0 bridgehead atoms. The zero-order chi connectivity index (χ0) is 27.8. The summed E-state index contributed by atoms with van der Waals surface area (Å²) in [7, 11) is 0. The van der Waals surface area contributed by atoms with E-state index in [9.17, 15) is 31.1 Å². The highest BCUT2D eigenvalue weighted by atomic mass is 32.2. The van der Waals surface area contributed by atoms with Crippen molar-refractivity contribution in [3.8, 4) is 0 Å². The molecule has 5 rings (SSSR count). The van der Waals surface area contributed by atoms with Gasteiger partial charge in [-0.3, -0.25) is 14.5 Å². The van der Waals surface area contributed by atoms with Gasteiger partial charge in [0.2, 0.25) is 0 Å². The van der Waals surface area contributed by atoms with E-state index in [0.717, 1.165) is 23.4 Å². The van der Waals surface area contributed by atoms with Crippen LogP contribution in [0.2, 0.25) is 0 Å². The molecule has 0 saturated carbocycles. The first-order chi connectivity index (χ1) is 18.5. The third-order valence-electron chi connectivity index (χ3n) is 5.70. The molecule has 2 aromatic heterocycles. The van der Waals surface area contributed by atoms with Gasteiger partial charge in [0.15, 0.2) is 5.17 Å². The van der Waals surface area contributed by atoms with Crippen LogP contribution in [0.15, 0.2) is 71.2 Å². The van der Waals surface area contributed by atoms with Crippen LogP contribution in [-0.4, -0.2) is 30.8 Å². The number of aliphatic imine (C=N–C) groups is 1. The number of carbonyl (C=O) groups is 1. The van der Waals surface area contributed by atoms with Gasteiger partial charge < -0.3 is 5.32 Å². The Morgan fingerprint density at radius 2 is 1.74 bits per heavy atom. The molecule has 2 aromatic carbocycles. The number of amides is 1. The Balaban J connectivity index is 1.37. The molecule has 14 heteroatoms. The van der Waals surface area contributed by atoms with Crippen LogP contribution < -0.4 is 5.32 Å². The van der Waals surface area contributed by atoms with E-state index in [1.165, 1.54) is 17.2 Å². The smallest absolute Gasteiger partial charge is 0.301 e. The molecule has 0 aliphatic carbocycles. The van der Waals surface area contributed by atoms with Gasteiger partial charge >= 0.3 is 12.4 Å². The third-order valence-corrected chi connectivity index (χ3v) is 6.64. The van der Waals surface area contributed by atoms with E-state index in [1.807, 2.05) is 0 Å². The van der Waals surface area contributed by atoms with Crippen molar-refractivity contribution in [2.24, 2.45) is 4.99 Å². The molecule has 1 amide bonds. The molecule has 4 aromatic rings. The maximum absolute atomic E-state index is 13.5. The molecule has 1 N–H and O–H groups in total. The van der Waals surface area contributed by atoms with Crippen LogP contribution in [0.25, 0.3) is 17.0 Å². The number of hydrogen-bond acceptors (Lipinski definition) is 6. The van der Waals surface area contributed by atoms with Crippen molar-refractivity contribution >= 4 is 39.8 Å². The van der Waals surface area contributed by atoms with Crippen molar-refractivity contribution in [2.75, 3.05) is 0 Å². The topological polar surface area (TPSA) is 85.1 Å². The summed E-state index contributed by atoms with van der Waals surface area (Å²) < 4.78 is 80.9. The van der Waals surface area contributed by atoms with Crippen LogP contribution in [-0.2, 0) is 30.2 Å². The lowest BCUT2D eigenvalue weighted by atomic mass is 10.0. The van der Waals surface area contributed by atoms with Gasteiger partial charge in [-0.1, -0.05) is 12.1 Å². The highest BCUT2D eigenvalue weighted by Gasteiger charge is 2.38. The Bertz CT molecular complexity index is 1610. The Hall–Kier alpha value is -4.20. The fourth-order valence-corrected chi connectivity index (χ4v) is 4.68. The van der Waals surface area contributed by atoms with Crippen LogP contribution in [0.4, 0.5) is 26.3 Å². The molecule has 0 spiro atoms. The number of hydrogen-bond donors (Lipinski definition) is 1. The predicted molar refractivity (Wildman–Crippen MR) is 132 cm³/mol. The molecule has 1 saturated heterocycles. The van der Waals surface area contributed by atoms with E-state index in [2.05, 4.69) is 25.4 Å². The van der Waals surface area contributed by atoms with Gasteiger partial charge in [0.1, 0.15) is 6.33 Å². The normalized spacial score (nSPS) is 16.4. The van der Waals surface area contributed by atoms with Gasteiger partial charge in [0.05, 0.1) is 40.8 Å². The van der Waals surface area contributed by atoms with E-state index >= 15 is 0 Å². The second-order valence-corrected chi connectivity index (χ2v) is 9.45. The summed E-state index contributed by atoms with van der Waals surface area (Å²) in [5, 5.41) is 7.80. The number of thioether (sulfide) groups is 1. The quantitative estimate of drug-likeness (QED) is 0.250. The number of halogens is 6. The lowest BCUT2D eigenvalue weighted by molar-refractivity contribution is -0.143. The zero-order valence-corrected chi connectivity index (χ0v) is 20.4. The SMILES string of the molecule is O=C1NC(=NCc2cncnc2)S/C1=C\c1ccc2c(cnn2Cc2ccc(C(F)(F)F)cc2C(F)(F)F)c1. The molecular weight excluding hydrogens is 546 g/mol. The number of nitrogens with one attached hydrogen (secondary N) is 1. The average molecular weight is 562 g/mol. The summed E-state index contributed by atoms with van der Waals surface area (Å²) in [5.74, 6) is -0.333. The minimum absolute atomic E-state index is 0.112. The minimum atomic E-state index is -4.98. The third kappa shape index (κ3) is 5.95. The molecule has 1 fully saturated rings. The van der Waals surface area contributed by atoms with Crippen LogP contribution in [0, 0.1) is 0 Å². The first-order valence-electron chi connectivity index (χ1n) is 11.2. The molecule has 1 aliphatic heterocycles. The Kier molecular flexibility index (Phi) is 6.89. The molecule has 0 atom stereocenters. The first-order valence-corrected chi connectivity index (χ1v) is 12.0. The summed E-state index contributed by atoms with van der Waals surface area (Å²) in [5.41, 5.74) is -1.21. The fourth-order valence-electron chi connectivity index (χ4n) is 3.86. The fraction of sp³-hybridized carbons (Fsp3) is 0.160. The highest BCUT2D eigenvalue weighted by molar-refractivity contribution is 8.18. The predicted octanol–water partition coefficient (Wildman–Crippen LogP) is 5.67. The van der Waals surface area contributed by atoms with Crippen molar-refractivity contribution in [2.45, 2.75) is 25.4 Å². The van der Waals surface area contributed by atoms with Crippen molar-refractivity contribution in [3.05, 3.63) is 94.0 Å². The van der Waals surface area contributed by atoms with Crippen LogP contribution in [0.3, 0.4) is 0 Å². The Morgan fingerprint density at radius 1 is 0.974 bits per heavy atom. The molecule has 3 heterocycles. The molecular formula is C25H16F6N6OS. The largest absolute Gasteiger partial charge is 0.416 e. The lowest BCUT2D eigenvalue weighted by Crippen LogP contribution is -2.19. The molecule has 0 radical (unpaired) electrons. The minimum Gasteiger partial charge on any atom is -0.301 e. The van der Waals surface area contributed by atoms with Gasteiger partial charge in [-0.25, -0.2) is 9.97 Å². The van der Waals surface area contributed by atoms with E-state index in [0.29, 0.717) is 32.6 Å². The van der Waals surface area contributed by atoms with Gasteiger partial charge in [0, 0.05) is 23.3 Å². The molecule has 200 valence electrons. The lowest BCUT2D eigenvalue weighted by Gasteiger charge is -2.16. The number of nitrogens with zero attached hydrogens (tertiary/aromatic N) is 5. The number of carbonyl (C=O) groups excluding carboxylic acids is 1. The van der Waals surface area contributed by atoms with Gasteiger partial charge in [-0.05, 0) is 53.2 Å². The maximum atomic E-state index is 13.5. The molecule has 7 nitrogen and oxygen atoms in total. The molecule has 39 heavy (non-hydrogen) atoms. The Morgan fingerprint density at radius 3 is 2.46 bits per heavy atom. The number of rotatable bonds is 5. The second-order valence-electron chi connectivity index (χ2n) is 8.42. The summed E-state index contributed by atoms with van der Waals surface area (Å²) >= 11 is 1.15. The summed E-state index contributed by atoms with van der Waals surface area (Å²) in [6.45, 7) is -0.0989. The second kappa shape index (κ2) is 10.2. The van der Waals surface area contributed by atoms with Gasteiger partial charge in [0.25, 0.3) is 5.91 Å². The number of fused-ring (bicyclic) bond motifs is 1. The first kappa shape index (κ1) is 26.4. The number of aromatic nitrogens is 4. The highest BCUT2D eigenvalue weighted by Crippen LogP contribution is 2.38. The standard InChI is InChI=1S/C25H16F6N6OS/c26-24(27,28)18-3-2-16(19(7-18)25(29,30)31)12-37-20-4-1-14(5-17(20)11-35-37)6-21-22(38)36-23(39-21)34-10-15-8-32-13-33-9-15/h1-9,11,13H,10,12H2,(H,34,36,38)/b21-6-. The van der Waals surface area contributed by atoms with Gasteiger partial charge in [-0.15, -0.1) is 0 Å². The van der Waals surface area contributed by atoms with Crippen LogP contribution >= 0.6 is 11.8 Å². The number of amidine groups is 1.